The maximum absolute atomic E-state index is 12.0. The monoisotopic (exact) mass is 271 g/mol. The predicted molar refractivity (Wildman–Crippen MR) is 75.1 cm³/mol. The highest BCUT2D eigenvalue weighted by atomic mass is 16.4. The number of hydrogen-bond acceptors (Lipinski definition) is 3. The van der Waals surface area contributed by atoms with E-state index in [1.54, 1.807) is 7.05 Å². The van der Waals surface area contributed by atoms with Crippen molar-refractivity contribution in [2.24, 2.45) is 0 Å². The number of aromatic nitrogens is 1. The summed E-state index contributed by atoms with van der Waals surface area (Å²) in [6, 6.07) is 11.7. The fourth-order valence-corrected chi connectivity index (χ4v) is 1.57. The summed E-state index contributed by atoms with van der Waals surface area (Å²) in [5.41, 5.74) is 1.11. The van der Waals surface area contributed by atoms with Gasteiger partial charge in [0.2, 0.25) is 0 Å². The number of carboxylic acids is 1. The van der Waals surface area contributed by atoms with Crippen LogP contribution in [0, 0.1) is 0 Å². The van der Waals surface area contributed by atoms with E-state index in [4.69, 9.17) is 5.11 Å². The number of nitrogens with zero attached hydrogens (tertiary/aromatic N) is 2. The molecule has 0 bridgehead atoms. The molecule has 0 aliphatic rings. The molecule has 0 aliphatic carbocycles. The molecule has 0 radical (unpaired) electrons. The van der Waals surface area contributed by atoms with E-state index in [9.17, 15) is 9.59 Å². The van der Waals surface area contributed by atoms with E-state index in [1.807, 2.05) is 30.3 Å². The molecule has 0 aliphatic heterocycles. The van der Waals surface area contributed by atoms with Gasteiger partial charge in [-0.25, -0.2) is 14.6 Å². The highest BCUT2D eigenvalue weighted by molar-refractivity contribution is 6.01. The van der Waals surface area contributed by atoms with Crippen molar-refractivity contribution < 1.29 is 14.7 Å². The molecule has 0 fully saturated rings. The molecule has 102 valence electrons. The summed E-state index contributed by atoms with van der Waals surface area (Å²) in [7, 11) is 1.64. The molecule has 1 heterocycles. The predicted octanol–water partition coefficient (Wildman–Crippen LogP) is 2.45. The Hall–Kier alpha value is -2.89. The van der Waals surface area contributed by atoms with Gasteiger partial charge in [0.1, 0.15) is 5.69 Å². The van der Waals surface area contributed by atoms with E-state index < -0.39 is 5.97 Å². The maximum Gasteiger partial charge on any atom is 0.354 e. The Morgan fingerprint density at radius 1 is 1.15 bits per heavy atom. The Morgan fingerprint density at radius 3 is 2.40 bits per heavy atom. The summed E-state index contributed by atoms with van der Waals surface area (Å²) < 4.78 is 0. The molecule has 0 spiro atoms. The second-order valence-electron chi connectivity index (χ2n) is 4.06. The summed E-state index contributed by atoms with van der Waals surface area (Å²) in [4.78, 5) is 27.9. The number of carbonyl (C=O) groups excluding carboxylic acids is 1. The van der Waals surface area contributed by atoms with Crippen molar-refractivity contribution in [1.82, 2.24) is 4.98 Å². The fraction of sp³-hybridized carbons (Fsp3) is 0.0714. The average molecular weight is 271 g/mol. The minimum absolute atomic E-state index is 0.0700. The first kappa shape index (κ1) is 13.5. The van der Waals surface area contributed by atoms with Gasteiger partial charge in [-0.3, -0.25) is 4.90 Å². The summed E-state index contributed by atoms with van der Waals surface area (Å²) >= 11 is 0. The van der Waals surface area contributed by atoms with E-state index in [1.165, 1.54) is 23.2 Å². The smallest absolute Gasteiger partial charge is 0.354 e. The summed E-state index contributed by atoms with van der Waals surface area (Å²) in [6.45, 7) is 0. The largest absolute Gasteiger partial charge is 0.477 e. The summed E-state index contributed by atoms with van der Waals surface area (Å²) in [6.07, 6.45) is 1.31. The summed E-state index contributed by atoms with van der Waals surface area (Å²) in [5.74, 6) is -1.11. The first-order chi connectivity index (χ1) is 9.58. The molecule has 0 unspecified atom stereocenters. The Kier molecular flexibility index (Phi) is 3.95. The number of pyridine rings is 1. The van der Waals surface area contributed by atoms with Gasteiger partial charge in [0.25, 0.3) is 0 Å². The highest BCUT2D eigenvalue weighted by Gasteiger charge is 2.11. The highest BCUT2D eigenvalue weighted by Crippen LogP contribution is 2.13. The molecule has 1 aromatic heterocycles. The van der Waals surface area contributed by atoms with Crippen LogP contribution in [0.15, 0.2) is 48.7 Å². The van der Waals surface area contributed by atoms with E-state index in [-0.39, 0.29) is 11.7 Å². The number of urea groups is 1. The van der Waals surface area contributed by atoms with Gasteiger partial charge in [-0.1, -0.05) is 18.2 Å². The number of amides is 2. The molecule has 20 heavy (non-hydrogen) atoms. The molecular weight excluding hydrogens is 258 g/mol. The van der Waals surface area contributed by atoms with Crippen LogP contribution in [0.1, 0.15) is 10.5 Å². The lowest BCUT2D eigenvalue weighted by Gasteiger charge is -2.17. The zero-order chi connectivity index (χ0) is 14.5. The standard InChI is InChI=1S/C14H13N3O3/c1-17(11-5-3-2-4-6-11)14(20)16-10-7-8-12(13(18)19)15-9-10/h2-9H,1H3,(H,16,20)(H,18,19). The quantitative estimate of drug-likeness (QED) is 0.898. The van der Waals surface area contributed by atoms with Crippen molar-refractivity contribution in [3.8, 4) is 0 Å². The normalized spacial score (nSPS) is 9.85. The van der Waals surface area contributed by atoms with Crippen LogP contribution in [-0.4, -0.2) is 29.1 Å². The van der Waals surface area contributed by atoms with Crippen molar-refractivity contribution in [1.29, 1.82) is 0 Å². The van der Waals surface area contributed by atoms with Crippen molar-refractivity contribution in [2.75, 3.05) is 17.3 Å². The van der Waals surface area contributed by atoms with Gasteiger partial charge >= 0.3 is 12.0 Å². The van der Waals surface area contributed by atoms with Crippen LogP contribution in [0.4, 0.5) is 16.2 Å². The lowest BCUT2D eigenvalue weighted by atomic mass is 10.3. The molecule has 1 aromatic carbocycles. The third-order valence-corrected chi connectivity index (χ3v) is 2.68. The Morgan fingerprint density at radius 2 is 1.85 bits per heavy atom. The van der Waals surface area contributed by atoms with Gasteiger partial charge < -0.3 is 10.4 Å². The topological polar surface area (TPSA) is 82.5 Å². The van der Waals surface area contributed by atoms with Gasteiger partial charge in [-0.15, -0.1) is 0 Å². The maximum atomic E-state index is 12.0. The van der Waals surface area contributed by atoms with E-state index in [0.29, 0.717) is 5.69 Å². The first-order valence-corrected chi connectivity index (χ1v) is 5.87. The fourth-order valence-electron chi connectivity index (χ4n) is 1.57. The molecule has 6 nitrogen and oxygen atoms in total. The van der Waals surface area contributed by atoms with Crippen molar-refractivity contribution >= 4 is 23.4 Å². The Bertz CT molecular complexity index is 611. The molecular formula is C14H13N3O3. The van der Waals surface area contributed by atoms with E-state index in [2.05, 4.69) is 10.3 Å². The van der Waals surface area contributed by atoms with Gasteiger partial charge in [0, 0.05) is 12.7 Å². The summed E-state index contributed by atoms with van der Waals surface area (Å²) in [5, 5.41) is 11.4. The van der Waals surface area contributed by atoms with Gasteiger partial charge in [-0.05, 0) is 24.3 Å². The number of anilines is 2. The zero-order valence-corrected chi connectivity index (χ0v) is 10.8. The molecule has 2 N–H and O–H groups in total. The second kappa shape index (κ2) is 5.83. The van der Waals surface area contributed by atoms with Crippen LogP contribution >= 0.6 is 0 Å². The Labute approximate surface area is 115 Å². The first-order valence-electron chi connectivity index (χ1n) is 5.87. The van der Waals surface area contributed by atoms with Crippen molar-refractivity contribution in [3.63, 3.8) is 0 Å². The molecule has 0 saturated carbocycles. The van der Waals surface area contributed by atoms with Crippen LogP contribution in [-0.2, 0) is 0 Å². The van der Waals surface area contributed by atoms with Crippen LogP contribution in [0.3, 0.4) is 0 Å². The minimum atomic E-state index is -1.11. The lowest BCUT2D eigenvalue weighted by molar-refractivity contribution is 0.0690. The average Bonchev–Trinajstić information content (AvgIpc) is 2.48. The Balaban J connectivity index is 2.06. The second-order valence-corrected chi connectivity index (χ2v) is 4.06. The molecule has 2 amide bonds. The van der Waals surface area contributed by atoms with Gasteiger partial charge in [-0.2, -0.15) is 0 Å². The molecule has 6 heteroatoms. The number of benzene rings is 1. The van der Waals surface area contributed by atoms with E-state index in [0.717, 1.165) is 5.69 Å². The third-order valence-electron chi connectivity index (χ3n) is 2.68. The number of hydrogen-bond donors (Lipinski definition) is 2. The van der Waals surface area contributed by atoms with Gasteiger partial charge in [0.15, 0.2) is 0 Å². The number of carbonyl (C=O) groups is 2. The molecule has 2 rings (SSSR count). The van der Waals surface area contributed by atoms with Crippen LogP contribution in [0.2, 0.25) is 0 Å². The van der Waals surface area contributed by atoms with Crippen LogP contribution in [0.25, 0.3) is 0 Å². The molecule has 0 atom stereocenters. The number of para-hydroxylation sites is 1. The van der Waals surface area contributed by atoms with Crippen LogP contribution < -0.4 is 10.2 Å². The number of nitrogens with one attached hydrogen (secondary N) is 1. The SMILES string of the molecule is CN(C(=O)Nc1ccc(C(=O)O)nc1)c1ccccc1. The molecule has 2 aromatic rings. The van der Waals surface area contributed by atoms with Crippen molar-refractivity contribution in [2.45, 2.75) is 0 Å². The van der Waals surface area contributed by atoms with Gasteiger partial charge in [0.05, 0.1) is 11.9 Å². The lowest BCUT2D eigenvalue weighted by Crippen LogP contribution is -2.31. The minimum Gasteiger partial charge on any atom is -0.477 e. The third kappa shape index (κ3) is 3.11. The van der Waals surface area contributed by atoms with Crippen LogP contribution in [0.5, 0.6) is 0 Å². The zero-order valence-electron chi connectivity index (χ0n) is 10.8. The van der Waals surface area contributed by atoms with E-state index >= 15 is 0 Å². The van der Waals surface area contributed by atoms with Crippen molar-refractivity contribution in [3.05, 3.63) is 54.4 Å². The molecule has 0 saturated heterocycles. The number of aromatic carboxylic acids is 1. The number of rotatable bonds is 3. The number of carboxylic acid groups (broad SMARTS) is 1.